The summed E-state index contributed by atoms with van der Waals surface area (Å²) in [7, 11) is 0. The Morgan fingerprint density at radius 3 is 2.38 bits per heavy atom. The van der Waals surface area contributed by atoms with Crippen LogP contribution in [-0.4, -0.2) is 17.0 Å². The molecular formula is C12H5Br2Cl2NO3S. The first-order chi connectivity index (χ1) is 9.79. The zero-order chi connectivity index (χ0) is 15.7. The third-order valence-electron chi connectivity index (χ3n) is 2.39. The van der Waals surface area contributed by atoms with Crippen LogP contribution in [0.1, 0.15) is 20.0 Å². The van der Waals surface area contributed by atoms with Gasteiger partial charge < -0.3 is 10.4 Å². The number of nitrogens with one attached hydrogen (secondary N) is 1. The van der Waals surface area contributed by atoms with Gasteiger partial charge in [-0.2, -0.15) is 0 Å². The summed E-state index contributed by atoms with van der Waals surface area (Å²) < 4.78 is 1.49. The van der Waals surface area contributed by atoms with Crippen LogP contribution in [0.5, 0.6) is 0 Å². The molecule has 21 heavy (non-hydrogen) atoms. The lowest BCUT2D eigenvalue weighted by Gasteiger charge is -2.10. The maximum Gasteiger partial charge on any atom is 0.337 e. The smallest absolute Gasteiger partial charge is 0.337 e. The Hall–Kier alpha value is -0.600. The van der Waals surface area contributed by atoms with Crippen LogP contribution in [0.2, 0.25) is 10.0 Å². The summed E-state index contributed by atoms with van der Waals surface area (Å²) in [5.41, 5.74) is -0.158. The van der Waals surface area contributed by atoms with E-state index in [9.17, 15) is 9.59 Å². The Labute approximate surface area is 150 Å². The molecule has 0 fully saturated rings. The van der Waals surface area contributed by atoms with Crippen LogP contribution in [0, 0.1) is 0 Å². The van der Waals surface area contributed by atoms with Crippen molar-refractivity contribution < 1.29 is 14.7 Å². The van der Waals surface area contributed by atoms with Gasteiger partial charge in [-0.15, -0.1) is 11.3 Å². The Balaban J connectivity index is 2.39. The normalized spacial score (nSPS) is 10.5. The van der Waals surface area contributed by atoms with Crippen LogP contribution in [0.15, 0.2) is 26.5 Å². The van der Waals surface area contributed by atoms with E-state index < -0.39 is 11.9 Å². The molecule has 0 radical (unpaired) electrons. The highest BCUT2D eigenvalue weighted by molar-refractivity contribution is 9.13. The second-order valence-corrected chi connectivity index (χ2v) is 7.87. The number of benzene rings is 1. The van der Waals surface area contributed by atoms with Crippen molar-refractivity contribution in [2.45, 2.75) is 0 Å². The first-order valence-electron chi connectivity index (χ1n) is 5.28. The third-order valence-corrected chi connectivity index (χ3v) is 6.16. The van der Waals surface area contributed by atoms with E-state index in [1.807, 2.05) is 0 Å². The molecule has 9 heteroatoms. The van der Waals surface area contributed by atoms with Gasteiger partial charge in [0.05, 0.1) is 24.9 Å². The highest BCUT2D eigenvalue weighted by Gasteiger charge is 2.19. The van der Waals surface area contributed by atoms with Crippen molar-refractivity contribution in [2.75, 3.05) is 5.32 Å². The molecule has 0 bridgehead atoms. The maximum atomic E-state index is 12.2. The molecule has 0 spiro atoms. The summed E-state index contributed by atoms with van der Waals surface area (Å²) in [5.74, 6) is -1.69. The predicted molar refractivity (Wildman–Crippen MR) is 91.1 cm³/mol. The van der Waals surface area contributed by atoms with E-state index in [0.29, 0.717) is 4.88 Å². The first-order valence-corrected chi connectivity index (χ1v) is 8.44. The third kappa shape index (κ3) is 3.78. The van der Waals surface area contributed by atoms with E-state index >= 15 is 0 Å². The molecule has 1 aromatic heterocycles. The van der Waals surface area contributed by atoms with E-state index in [1.54, 1.807) is 6.07 Å². The molecule has 0 aliphatic rings. The topological polar surface area (TPSA) is 66.4 Å². The molecule has 2 aromatic rings. The molecular weight excluding hydrogens is 469 g/mol. The summed E-state index contributed by atoms with van der Waals surface area (Å²) in [5, 5.41) is 11.9. The molecule has 0 aliphatic heterocycles. The van der Waals surface area contributed by atoms with Gasteiger partial charge >= 0.3 is 5.97 Å². The van der Waals surface area contributed by atoms with Crippen molar-refractivity contribution in [3.05, 3.63) is 46.9 Å². The molecule has 0 atom stereocenters. The highest BCUT2D eigenvalue weighted by Crippen LogP contribution is 2.34. The van der Waals surface area contributed by atoms with Crippen molar-refractivity contribution in [1.82, 2.24) is 0 Å². The minimum Gasteiger partial charge on any atom is -0.478 e. The van der Waals surface area contributed by atoms with Gasteiger partial charge in [0.25, 0.3) is 5.91 Å². The standard InChI is InChI=1S/C12H5Br2Cl2NO3S/c13-6-3-8(21-10(6)14)11(18)17-9-5(12(19)20)1-4(15)2-7(9)16/h1-3H,(H,17,18)(H,19,20). The van der Waals surface area contributed by atoms with Crippen LogP contribution >= 0.6 is 66.4 Å². The highest BCUT2D eigenvalue weighted by atomic mass is 79.9. The number of amides is 1. The molecule has 0 saturated carbocycles. The predicted octanol–water partition coefficient (Wildman–Crippen LogP) is 5.53. The number of halogens is 4. The number of hydrogen-bond acceptors (Lipinski definition) is 3. The van der Waals surface area contributed by atoms with Gasteiger partial charge in [0, 0.05) is 9.50 Å². The minimum atomic E-state index is -1.23. The molecule has 4 nitrogen and oxygen atoms in total. The number of anilines is 1. The van der Waals surface area contributed by atoms with E-state index in [1.165, 1.54) is 23.5 Å². The first kappa shape index (κ1) is 16.8. The summed E-state index contributed by atoms with van der Waals surface area (Å²) in [6, 6.07) is 4.21. The number of aromatic carboxylic acids is 1. The van der Waals surface area contributed by atoms with Gasteiger partial charge in [-0.25, -0.2) is 4.79 Å². The molecule has 110 valence electrons. The van der Waals surface area contributed by atoms with Crippen LogP contribution in [-0.2, 0) is 0 Å². The van der Waals surface area contributed by atoms with Crippen molar-refractivity contribution in [3.63, 3.8) is 0 Å². The second kappa shape index (κ2) is 6.66. The van der Waals surface area contributed by atoms with E-state index in [0.717, 1.165) is 8.26 Å². The molecule has 0 aliphatic carbocycles. The summed E-state index contributed by atoms with van der Waals surface area (Å²) in [4.78, 5) is 23.8. The fraction of sp³-hybridized carbons (Fsp3) is 0. The quantitative estimate of drug-likeness (QED) is 0.616. The lowest BCUT2D eigenvalue weighted by molar-refractivity contribution is 0.0698. The Morgan fingerprint density at radius 2 is 1.86 bits per heavy atom. The van der Waals surface area contributed by atoms with Crippen molar-refractivity contribution in [3.8, 4) is 0 Å². The molecule has 1 amide bonds. The monoisotopic (exact) mass is 471 g/mol. The Morgan fingerprint density at radius 1 is 1.19 bits per heavy atom. The molecule has 0 saturated heterocycles. The lowest BCUT2D eigenvalue weighted by atomic mass is 10.1. The van der Waals surface area contributed by atoms with E-state index in [-0.39, 0.29) is 21.3 Å². The average Bonchev–Trinajstić information content (AvgIpc) is 2.72. The molecule has 1 heterocycles. The van der Waals surface area contributed by atoms with Crippen LogP contribution < -0.4 is 5.32 Å². The number of hydrogen-bond donors (Lipinski definition) is 2. The molecule has 2 N–H and O–H groups in total. The molecule has 0 unspecified atom stereocenters. The Kier molecular flexibility index (Phi) is 5.32. The average molecular weight is 474 g/mol. The number of carboxylic acids is 1. The maximum absolute atomic E-state index is 12.2. The number of thiophene rings is 1. The summed E-state index contributed by atoms with van der Waals surface area (Å²) in [6.45, 7) is 0. The van der Waals surface area contributed by atoms with Gasteiger partial charge in [0.15, 0.2) is 0 Å². The Bertz CT molecular complexity index is 729. The SMILES string of the molecule is O=C(Nc1c(Cl)cc(Cl)cc1C(=O)O)c1cc(Br)c(Br)s1. The summed E-state index contributed by atoms with van der Waals surface area (Å²) >= 11 is 19.5. The fourth-order valence-electron chi connectivity index (χ4n) is 1.50. The number of carboxylic acid groups (broad SMARTS) is 1. The van der Waals surface area contributed by atoms with E-state index in [4.69, 9.17) is 28.3 Å². The van der Waals surface area contributed by atoms with Crippen molar-refractivity contribution in [2.24, 2.45) is 0 Å². The van der Waals surface area contributed by atoms with Crippen molar-refractivity contribution in [1.29, 1.82) is 0 Å². The van der Waals surface area contributed by atoms with Gasteiger partial charge in [0.2, 0.25) is 0 Å². The van der Waals surface area contributed by atoms with Crippen LogP contribution in [0.4, 0.5) is 5.69 Å². The number of rotatable bonds is 3. The second-order valence-electron chi connectivity index (χ2n) is 3.80. The van der Waals surface area contributed by atoms with Gasteiger partial charge in [0.1, 0.15) is 0 Å². The van der Waals surface area contributed by atoms with Gasteiger partial charge in [-0.05, 0) is 50.1 Å². The zero-order valence-corrected chi connectivity index (χ0v) is 15.4. The largest absolute Gasteiger partial charge is 0.478 e. The van der Waals surface area contributed by atoms with Gasteiger partial charge in [-0.3, -0.25) is 4.79 Å². The number of carbonyl (C=O) groups is 2. The van der Waals surface area contributed by atoms with Gasteiger partial charge in [-0.1, -0.05) is 23.2 Å². The summed E-state index contributed by atoms with van der Waals surface area (Å²) in [6.07, 6.45) is 0. The zero-order valence-electron chi connectivity index (χ0n) is 9.92. The molecule has 2 rings (SSSR count). The number of carbonyl (C=O) groups excluding carboxylic acids is 1. The minimum absolute atomic E-state index is 0.0132. The van der Waals surface area contributed by atoms with Crippen LogP contribution in [0.25, 0.3) is 0 Å². The van der Waals surface area contributed by atoms with Crippen molar-refractivity contribution >= 4 is 84.0 Å². The molecule has 1 aromatic carbocycles. The lowest BCUT2D eigenvalue weighted by Crippen LogP contribution is -2.14. The van der Waals surface area contributed by atoms with E-state index in [2.05, 4.69) is 37.2 Å². The fourth-order valence-corrected chi connectivity index (χ4v) is 3.97. The van der Waals surface area contributed by atoms with Crippen LogP contribution in [0.3, 0.4) is 0 Å².